The van der Waals surface area contributed by atoms with Gasteiger partial charge in [-0.3, -0.25) is 10.1 Å². The first-order valence-corrected chi connectivity index (χ1v) is 3.38. The highest BCUT2D eigenvalue weighted by Crippen LogP contribution is 2.27. The molecule has 1 aliphatic rings. The zero-order chi connectivity index (χ0) is 8.43. The predicted molar refractivity (Wildman–Crippen MR) is 38.3 cm³/mol. The number of halogens is 2. The van der Waals surface area contributed by atoms with Crippen molar-refractivity contribution in [1.29, 1.82) is 0 Å². The fraction of sp³-hybridized carbons (Fsp3) is 0.333. The Morgan fingerprint density at radius 3 is 2.73 bits per heavy atom. The molecule has 0 bridgehead atoms. The molecule has 11 heavy (non-hydrogen) atoms. The molecule has 0 saturated heterocycles. The summed E-state index contributed by atoms with van der Waals surface area (Å²) in [6, 6.07) is 0. The molecule has 3 nitrogen and oxygen atoms in total. The highest BCUT2D eigenvalue weighted by molar-refractivity contribution is 6.30. The van der Waals surface area contributed by atoms with E-state index in [-0.39, 0.29) is 23.6 Å². The van der Waals surface area contributed by atoms with Crippen molar-refractivity contribution in [2.75, 3.05) is 0 Å². The van der Waals surface area contributed by atoms with Crippen LogP contribution >= 0.6 is 11.6 Å². The first-order chi connectivity index (χ1) is 5.11. The monoisotopic (exact) mass is 177 g/mol. The van der Waals surface area contributed by atoms with Crippen LogP contribution in [0.2, 0.25) is 0 Å². The molecule has 0 fully saturated rings. The van der Waals surface area contributed by atoms with Gasteiger partial charge in [0.15, 0.2) is 0 Å². The maximum Gasteiger partial charge on any atom is 0.286 e. The molecule has 0 atom stereocenters. The Morgan fingerprint density at radius 1 is 1.64 bits per heavy atom. The molecule has 0 spiro atoms. The minimum atomic E-state index is -0.679. The summed E-state index contributed by atoms with van der Waals surface area (Å²) in [6.07, 6.45) is 1.25. The Kier molecular flexibility index (Phi) is 2.24. The zero-order valence-electron chi connectivity index (χ0n) is 5.51. The van der Waals surface area contributed by atoms with Gasteiger partial charge in [0.1, 0.15) is 5.83 Å². The van der Waals surface area contributed by atoms with Crippen LogP contribution in [0.5, 0.6) is 0 Å². The number of hydrogen-bond donors (Lipinski definition) is 0. The van der Waals surface area contributed by atoms with Crippen molar-refractivity contribution in [3.63, 3.8) is 0 Å². The number of nitro groups is 1. The third kappa shape index (κ3) is 1.77. The molecule has 0 radical (unpaired) electrons. The highest BCUT2D eigenvalue weighted by atomic mass is 35.5. The van der Waals surface area contributed by atoms with Crippen molar-refractivity contribution in [2.24, 2.45) is 0 Å². The van der Waals surface area contributed by atoms with Crippen molar-refractivity contribution in [1.82, 2.24) is 0 Å². The zero-order valence-corrected chi connectivity index (χ0v) is 6.27. The van der Waals surface area contributed by atoms with Crippen molar-refractivity contribution >= 4 is 11.6 Å². The smallest absolute Gasteiger partial charge is 0.258 e. The maximum atomic E-state index is 12.4. The molecule has 0 saturated carbocycles. The molecule has 5 heteroatoms. The molecular weight excluding hydrogens is 173 g/mol. The molecule has 0 heterocycles. The lowest BCUT2D eigenvalue weighted by atomic mass is 10.1. The summed E-state index contributed by atoms with van der Waals surface area (Å²) in [7, 11) is 0. The van der Waals surface area contributed by atoms with Crippen LogP contribution in [0.15, 0.2) is 22.6 Å². The van der Waals surface area contributed by atoms with E-state index in [0.29, 0.717) is 0 Å². The van der Waals surface area contributed by atoms with Crippen molar-refractivity contribution < 1.29 is 9.31 Å². The Bertz CT molecular complexity index is 259. The van der Waals surface area contributed by atoms with Crippen LogP contribution in [0, 0.1) is 10.1 Å². The van der Waals surface area contributed by atoms with Gasteiger partial charge in [-0.2, -0.15) is 0 Å². The first kappa shape index (κ1) is 8.20. The Morgan fingerprint density at radius 2 is 2.27 bits per heavy atom. The molecule has 0 aromatic heterocycles. The largest absolute Gasteiger partial charge is 0.286 e. The molecule has 1 rings (SSSR count). The van der Waals surface area contributed by atoms with Gasteiger partial charge >= 0.3 is 0 Å². The summed E-state index contributed by atoms with van der Waals surface area (Å²) < 4.78 is 12.4. The topological polar surface area (TPSA) is 43.1 Å². The van der Waals surface area contributed by atoms with Gasteiger partial charge in [0, 0.05) is 12.5 Å². The SMILES string of the molecule is O=[N+]([O-])C1=C(Cl)CCC(F)=C1. The van der Waals surface area contributed by atoms with E-state index >= 15 is 0 Å². The van der Waals surface area contributed by atoms with Gasteiger partial charge < -0.3 is 0 Å². The average Bonchev–Trinajstić information content (AvgIpc) is 1.94. The minimum absolute atomic E-state index is 0.122. The number of rotatable bonds is 1. The predicted octanol–water partition coefficient (Wildman–Crippen LogP) is 2.36. The second kappa shape index (κ2) is 3.00. The molecule has 0 N–H and O–H groups in total. The van der Waals surface area contributed by atoms with Crippen LogP contribution in [-0.2, 0) is 0 Å². The van der Waals surface area contributed by atoms with E-state index in [0.717, 1.165) is 6.08 Å². The van der Waals surface area contributed by atoms with Gasteiger partial charge in [-0.1, -0.05) is 11.6 Å². The van der Waals surface area contributed by atoms with Crippen LogP contribution in [0.3, 0.4) is 0 Å². The molecule has 0 aliphatic heterocycles. The van der Waals surface area contributed by atoms with Crippen LogP contribution in [0.25, 0.3) is 0 Å². The first-order valence-electron chi connectivity index (χ1n) is 3.00. The van der Waals surface area contributed by atoms with Crippen molar-refractivity contribution in [3.8, 4) is 0 Å². The number of hydrogen-bond acceptors (Lipinski definition) is 2. The normalized spacial score (nSPS) is 18.2. The summed E-state index contributed by atoms with van der Waals surface area (Å²) in [5, 5.41) is 10.3. The van der Waals surface area contributed by atoms with Crippen molar-refractivity contribution in [3.05, 3.63) is 32.7 Å². The Balaban J connectivity index is 2.98. The fourth-order valence-electron chi connectivity index (χ4n) is 0.808. The lowest BCUT2D eigenvalue weighted by molar-refractivity contribution is -0.420. The van der Waals surface area contributed by atoms with E-state index in [9.17, 15) is 14.5 Å². The fourth-order valence-corrected chi connectivity index (χ4v) is 1.03. The molecule has 0 unspecified atom stereocenters. The van der Waals surface area contributed by atoms with Gasteiger partial charge in [0.2, 0.25) is 0 Å². The van der Waals surface area contributed by atoms with E-state index in [1.807, 2.05) is 0 Å². The molecule has 0 aromatic rings. The Hall–Kier alpha value is -0.900. The summed E-state index contributed by atoms with van der Waals surface area (Å²) in [5.74, 6) is -0.485. The third-order valence-electron chi connectivity index (χ3n) is 1.35. The van der Waals surface area contributed by atoms with Crippen LogP contribution in [-0.4, -0.2) is 4.92 Å². The van der Waals surface area contributed by atoms with E-state index in [2.05, 4.69) is 0 Å². The maximum absolute atomic E-state index is 12.4. The van der Waals surface area contributed by atoms with Gasteiger partial charge in [-0.05, 0) is 6.42 Å². The van der Waals surface area contributed by atoms with E-state index in [1.165, 1.54) is 0 Å². The summed E-state index contributed by atoms with van der Waals surface area (Å²) in [6.45, 7) is 0. The quantitative estimate of drug-likeness (QED) is 0.456. The van der Waals surface area contributed by atoms with E-state index in [4.69, 9.17) is 11.6 Å². The summed E-state index contributed by atoms with van der Waals surface area (Å²) in [5.41, 5.74) is -0.324. The second-order valence-corrected chi connectivity index (χ2v) is 2.59. The number of nitrogens with zero attached hydrogens (tertiary/aromatic N) is 1. The minimum Gasteiger partial charge on any atom is -0.258 e. The highest BCUT2D eigenvalue weighted by Gasteiger charge is 2.20. The lowest BCUT2D eigenvalue weighted by Gasteiger charge is -2.04. The van der Waals surface area contributed by atoms with Gasteiger partial charge in [-0.15, -0.1) is 0 Å². The molecule has 0 amide bonds. The molecular formula is C6H5ClFNO2. The van der Waals surface area contributed by atoms with Crippen LogP contribution < -0.4 is 0 Å². The summed E-state index contributed by atoms with van der Waals surface area (Å²) in [4.78, 5) is 9.48. The van der Waals surface area contributed by atoms with Gasteiger partial charge in [-0.25, -0.2) is 4.39 Å². The second-order valence-electron chi connectivity index (χ2n) is 2.14. The van der Waals surface area contributed by atoms with Crippen LogP contribution in [0.4, 0.5) is 4.39 Å². The summed E-state index contributed by atoms with van der Waals surface area (Å²) >= 11 is 5.47. The van der Waals surface area contributed by atoms with Gasteiger partial charge in [0.05, 0.1) is 9.96 Å². The molecule has 0 aromatic carbocycles. The number of allylic oxidation sites excluding steroid dienone is 3. The van der Waals surface area contributed by atoms with E-state index < -0.39 is 10.8 Å². The van der Waals surface area contributed by atoms with Crippen LogP contribution in [0.1, 0.15) is 12.8 Å². The standard InChI is InChI=1S/C6H5ClFNO2/c7-5-2-1-4(8)3-6(5)9(10)11/h3H,1-2H2. The van der Waals surface area contributed by atoms with Crippen molar-refractivity contribution in [2.45, 2.75) is 12.8 Å². The molecule has 1 aliphatic carbocycles. The molecule has 60 valence electrons. The van der Waals surface area contributed by atoms with Gasteiger partial charge in [0.25, 0.3) is 5.70 Å². The third-order valence-corrected chi connectivity index (χ3v) is 1.73. The van der Waals surface area contributed by atoms with E-state index in [1.54, 1.807) is 0 Å². The average molecular weight is 178 g/mol. The lowest BCUT2D eigenvalue weighted by Crippen LogP contribution is -2.02. The Labute approximate surface area is 67.3 Å².